The normalized spacial score (nSPS) is 10.3. The second-order valence-corrected chi connectivity index (χ2v) is 5.88. The molecule has 2 aromatic heterocycles. The van der Waals surface area contributed by atoms with Crippen LogP contribution < -0.4 is 16.0 Å². The molecule has 0 aliphatic rings. The van der Waals surface area contributed by atoms with E-state index in [1.807, 2.05) is 32.0 Å². The highest BCUT2D eigenvalue weighted by molar-refractivity contribution is 5.89. The predicted molar refractivity (Wildman–Crippen MR) is 104 cm³/mol. The average Bonchev–Trinajstić information content (AvgIpc) is 2.64. The van der Waals surface area contributed by atoms with E-state index in [0.717, 1.165) is 16.8 Å². The van der Waals surface area contributed by atoms with E-state index < -0.39 is 0 Å². The molecular formula is C19H19N7O. The van der Waals surface area contributed by atoms with Crippen molar-refractivity contribution in [2.24, 2.45) is 0 Å². The summed E-state index contributed by atoms with van der Waals surface area (Å²) in [4.78, 5) is 24.8. The van der Waals surface area contributed by atoms with Crippen molar-refractivity contribution < 1.29 is 4.79 Å². The fourth-order valence-corrected chi connectivity index (χ4v) is 2.52. The number of aromatic nitrogens is 3. The van der Waals surface area contributed by atoms with Gasteiger partial charge >= 0.3 is 6.03 Å². The van der Waals surface area contributed by atoms with Gasteiger partial charge in [-0.05, 0) is 49.2 Å². The van der Waals surface area contributed by atoms with Gasteiger partial charge < -0.3 is 10.6 Å². The smallest absolute Gasteiger partial charge is 0.320 e. The Morgan fingerprint density at radius 3 is 2.78 bits per heavy atom. The third-order valence-electron chi connectivity index (χ3n) is 3.88. The first-order chi connectivity index (χ1) is 13.1. The third kappa shape index (κ3) is 4.46. The number of hydrogen-bond donors (Lipinski definition) is 3. The molecule has 0 bridgehead atoms. The van der Waals surface area contributed by atoms with Crippen molar-refractivity contribution in [2.75, 3.05) is 17.2 Å². The Kier molecular flexibility index (Phi) is 5.42. The van der Waals surface area contributed by atoms with Crippen LogP contribution in [0.5, 0.6) is 0 Å². The largest absolute Gasteiger partial charge is 0.339 e. The van der Waals surface area contributed by atoms with Crippen LogP contribution in [-0.4, -0.2) is 27.5 Å². The molecule has 0 atom stereocenters. The van der Waals surface area contributed by atoms with Crippen LogP contribution in [0.4, 0.5) is 22.1 Å². The molecule has 0 aliphatic heterocycles. The van der Waals surface area contributed by atoms with E-state index in [4.69, 9.17) is 5.26 Å². The first-order valence-corrected chi connectivity index (χ1v) is 8.51. The second-order valence-electron chi connectivity index (χ2n) is 5.88. The van der Waals surface area contributed by atoms with Crippen LogP contribution in [0, 0.1) is 18.3 Å². The summed E-state index contributed by atoms with van der Waals surface area (Å²) in [6.07, 6.45) is 1.96. The molecule has 136 valence electrons. The molecule has 3 rings (SSSR count). The molecule has 0 fully saturated rings. The summed E-state index contributed by atoms with van der Waals surface area (Å²) in [7, 11) is 0. The molecule has 8 heteroatoms. The van der Waals surface area contributed by atoms with Gasteiger partial charge in [-0.15, -0.1) is 0 Å². The van der Waals surface area contributed by atoms with Gasteiger partial charge in [0, 0.05) is 12.2 Å². The maximum absolute atomic E-state index is 11.6. The van der Waals surface area contributed by atoms with Crippen LogP contribution in [0.1, 0.15) is 18.1 Å². The van der Waals surface area contributed by atoms with Gasteiger partial charge in [-0.3, -0.25) is 5.32 Å². The highest BCUT2D eigenvalue weighted by Gasteiger charge is 2.07. The van der Waals surface area contributed by atoms with E-state index in [-0.39, 0.29) is 6.03 Å². The number of nitriles is 1. The van der Waals surface area contributed by atoms with Crippen molar-refractivity contribution in [2.45, 2.75) is 20.3 Å². The molecule has 27 heavy (non-hydrogen) atoms. The zero-order valence-electron chi connectivity index (χ0n) is 15.1. The van der Waals surface area contributed by atoms with Crippen LogP contribution in [0.15, 0.2) is 36.5 Å². The van der Waals surface area contributed by atoms with E-state index in [1.54, 1.807) is 18.3 Å². The van der Waals surface area contributed by atoms with Crippen LogP contribution in [0.2, 0.25) is 0 Å². The first kappa shape index (κ1) is 18.1. The lowest BCUT2D eigenvalue weighted by atomic mass is 10.1. The Hall–Kier alpha value is -3.73. The molecule has 0 aliphatic carbocycles. The summed E-state index contributed by atoms with van der Waals surface area (Å²) >= 11 is 0. The van der Waals surface area contributed by atoms with Crippen LogP contribution in [-0.2, 0) is 6.42 Å². The monoisotopic (exact) mass is 361 g/mol. The van der Waals surface area contributed by atoms with Crippen molar-refractivity contribution >= 4 is 34.5 Å². The Bertz CT molecular complexity index is 1030. The Labute approximate surface area is 156 Å². The molecular weight excluding hydrogens is 342 g/mol. The highest BCUT2D eigenvalue weighted by Crippen LogP contribution is 2.20. The predicted octanol–water partition coefficient (Wildman–Crippen LogP) is 3.28. The van der Waals surface area contributed by atoms with Gasteiger partial charge in [0.05, 0.1) is 18.7 Å². The van der Waals surface area contributed by atoms with Crippen molar-refractivity contribution in [3.63, 3.8) is 0 Å². The minimum absolute atomic E-state index is 0.323. The summed E-state index contributed by atoms with van der Waals surface area (Å²) < 4.78 is 0. The number of aryl methyl sites for hydroxylation is 1. The van der Waals surface area contributed by atoms with Gasteiger partial charge in [-0.25, -0.2) is 19.7 Å². The van der Waals surface area contributed by atoms with Gasteiger partial charge in [-0.1, -0.05) is 6.07 Å². The van der Waals surface area contributed by atoms with Gasteiger partial charge in [0.2, 0.25) is 0 Å². The van der Waals surface area contributed by atoms with Gasteiger partial charge in [-0.2, -0.15) is 5.26 Å². The maximum Gasteiger partial charge on any atom is 0.320 e. The SMILES string of the molecule is CCNC(=O)Nc1ccc2ncc(Nc3ccc(C)c(CC#N)c3)nc2n1. The molecule has 2 amide bonds. The highest BCUT2D eigenvalue weighted by atomic mass is 16.2. The Morgan fingerprint density at radius 2 is 2.00 bits per heavy atom. The number of nitrogens with zero attached hydrogens (tertiary/aromatic N) is 4. The number of fused-ring (bicyclic) bond motifs is 1. The zero-order chi connectivity index (χ0) is 19.2. The second kappa shape index (κ2) is 8.10. The molecule has 2 heterocycles. The molecule has 0 saturated carbocycles. The lowest BCUT2D eigenvalue weighted by Gasteiger charge is -2.09. The number of benzene rings is 1. The van der Waals surface area contributed by atoms with Crippen LogP contribution >= 0.6 is 0 Å². The van der Waals surface area contributed by atoms with E-state index in [0.29, 0.717) is 35.8 Å². The van der Waals surface area contributed by atoms with E-state index in [2.05, 4.69) is 37.0 Å². The summed E-state index contributed by atoms with van der Waals surface area (Å²) in [5.74, 6) is 0.920. The topological polar surface area (TPSA) is 116 Å². The van der Waals surface area contributed by atoms with Crippen molar-refractivity contribution in [3.8, 4) is 6.07 Å². The van der Waals surface area contributed by atoms with E-state index in [1.165, 1.54) is 0 Å². The number of urea groups is 1. The minimum Gasteiger partial charge on any atom is -0.339 e. The molecule has 3 N–H and O–H groups in total. The molecule has 8 nitrogen and oxygen atoms in total. The van der Waals surface area contributed by atoms with Crippen LogP contribution in [0.3, 0.4) is 0 Å². The van der Waals surface area contributed by atoms with Crippen LogP contribution in [0.25, 0.3) is 11.2 Å². The van der Waals surface area contributed by atoms with Crippen molar-refractivity contribution in [1.82, 2.24) is 20.3 Å². The number of carbonyl (C=O) groups excluding carboxylic acids is 1. The first-order valence-electron chi connectivity index (χ1n) is 8.51. The summed E-state index contributed by atoms with van der Waals surface area (Å²) in [5.41, 5.74) is 3.88. The number of nitrogens with one attached hydrogen (secondary N) is 3. The standard InChI is InChI=1S/C19H19N7O/c1-3-21-19(27)26-16-7-6-15-18(24-16)25-17(11-22-15)23-14-5-4-12(2)13(10-14)8-9-20/h4-7,10-11H,3,8H2,1-2H3,(H3,21,23,24,25,26,27). The fraction of sp³-hybridized carbons (Fsp3) is 0.211. The molecule has 1 aromatic carbocycles. The lowest BCUT2D eigenvalue weighted by Crippen LogP contribution is -2.28. The van der Waals surface area contributed by atoms with E-state index >= 15 is 0 Å². The number of anilines is 3. The third-order valence-corrected chi connectivity index (χ3v) is 3.88. The number of carbonyl (C=O) groups is 1. The molecule has 3 aromatic rings. The van der Waals surface area contributed by atoms with Gasteiger partial charge in [0.15, 0.2) is 11.5 Å². The number of amides is 2. The molecule has 0 radical (unpaired) electrons. The lowest BCUT2D eigenvalue weighted by molar-refractivity contribution is 0.252. The quantitative estimate of drug-likeness (QED) is 0.642. The average molecular weight is 361 g/mol. The summed E-state index contributed by atoms with van der Waals surface area (Å²) in [6, 6.07) is 11.1. The van der Waals surface area contributed by atoms with E-state index in [9.17, 15) is 4.79 Å². The summed E-state index contributed by atoms with van der Waals surface area (Å²) in [5, 5.41) is 17.4. The fourth-order valence-electron chi connectivity index (χ4n) is 2.52. The summed E-state index contributed by atoms with van der Waals surface area (Å²) in [6.45, 7) is 4.33. The van der Waals surface area contributed by atoms with Crippen molar-refractivity contribution in [1.29, 1.82) is 5.26 Å². The molecule has 0 spiro atoms. The van der Waals surface area contributed by atoms with Gasteiger partial charge in [0.1, 0.15) is 11.3 Å². The number of pyridine rings is 1. The molecule has 0 unspecified atom stereocenters. The Balaban J connectivity index is 1.84. The number of hydrogen-bond acceptors (Lipinski definition) is 6. The minimum atomic E-state index is -0.323. The Morgan fingerprint density at radius 1 is 1.19 bits per heavy atom. The zero-order valence-corrected chi connectivity index (χ0v) is 15.1. The number of rotatable bonds is 5. The van der Waals surface area contributed by atoms with Gasteiger partial charge in [0.25, 0.3) is 0 Å². The van der Waals surface area contributed by atoms with Crippen molar-refractivity contribution in [3.05, 3.63) is 47.7 Å². The molecule has 0 saturated heterocycles. The maximum atomic E-state index is 11.6.